The van der Waals surface area contributed by atoms with Gasteiger partial charge in [0.1, 0.15) is 5.82 Å². The van der Waals surface area contributed by atoms with Gasteiger partial charge < -0.3 is 10.1 Å². The molecular weight excluding hydrogens is 237 g/mol. The highest BCUT2D eigenvalue weighted by Crippen LogP contribution is 2.18. The summed E-state index contributed by atoms with van der Waals surface area (Å²) in [5, 5.41) is 3.28. The summed E-state index contributed by atoms with van der Waals surface area (Å²) < 4.78 is 18.9. The fourth-order valence-electron chi connectivity index (χ4n) is 2.08. The fourth-order valence-corrected chi connectivity index (χ4v) is 3.02. The molecule has 0 spiro atoms. The van der Waals surface area contributed by atoms with Gasteiger partial charge in [0.25, 0.3) is 0 Å². The van der Waals surface area contributed by atoms with Crippen molar-refractivity contribution in [3.05, 3.63) is 35.6 Å². The van der Waals surface area contributed by atoms with E-state index < -0.39 is 0 Å². The zero-order valence-electron chi connectivity index (χ0n) is 9.99. The molecule has 2 unspecified atom stereocenters. The van der Waals surface area contributed by atoms with Gasteiger partial charge in [0.2, 0.25) is 0 Å². The van der Waals surface area contributed by atoms with Crippen LogP contribution in [-0.2, 0) is 11.2 Å². The Morgan fingerprint density at radius 1 is 1.59 bits per heavy atom. The van der Waals surface area contributed by atoms with Gasteiger partial charge in [-0.3, -0.25) is 0 Å². The van der Waals surface area contributed by atoms with Gasteiger partial charge in [-0.05, 0) is 31.2 Å². The fraction of sp³-hybridized carbons (Fsp3) is 0.538. The first-order chi connectivity index (χ1) is 8.29. The number of nitrogens with one attached hydrogen (secondary N) is 1. The summed E-state index contributed by atoms with van der Waals surface area (Å²) in [5.41, 5.74) is 1.02. The number of benzene rings is 1. The minimum Gasteiger partial charge on any atom is -0.375 e. The molecule has 17 heavy (non-hydrogen) atoms. The van der Waals surface area contributed by atoms with E-state index in [1.165, 1.54) is 6.07 Å². The summed E-state index contributed by atoms with van der Waals surface area (Å²) in [6.45, 7) is 0.816. The third-order valence-corrected chi connectivity index (χ3v) is 4.03. The molecule has 2 rings (SSSR count). The summed E-state index contributed by atoms with van der Waals surface area (Å²) in [4.78, 5) is 0. The maximum Gasteiger partial charge on any atom is 0.123 e. The van der Waals surface area contributed by atoms with Crippen molar-refractivity contribution in [1.29, 1.82) is 0 Å². The lowest BCUT2D eigenvalue weighted by molar-refractivity contribution is 0.0492. The molecule has 1 fully saturated rings. The summed E-state index contributed by atoms with van der Waals surface area (Å²) in [6.07, 6.45) is 1.03. The summed E-state index contributed by atoms with van der Waals surface area (Å²) >= 11 is 1.92. The van der Waals surface area contributed by atoms with Crippen LogP contribution in [-0.4, -0.2) is 37.3 Å². The molecule has 2 atom stereocenters. The number of hydrogen-bond acceptors (Lipinski definition) is 3. The van der Waals surface area contributed by atoms with E-state index in [1.807, 2.05) is 24.9 Å². The molecule has 2 nitrogen and oxygen atoms in total. The second kappa shape index (κ2) is 6.38. The Morgan fingerprint density at radius 3 is 3.12 bits per heavy atom. The standard InChI is InChI=1S/C13H18FNOS/c1-15-12(13-9-17-6-5-16-13)8-10-3-2-4-11(14)7-10/h2-4,7,12-13,15H,5-6,8-9H2,1H3. The molecule has 1 saturated heterocycles. The van der Waals surface area contributed by atoms with Crippen LogP contribution < -0.4 is 5.32 Å². The van der Waals surface area contributed by atoms with Crippen molar-refractivity contribution in [2.24, 2.45) is 0 Å². The van der Waals surface area contributed by atoms with Crippen LogP contribution in [0.1, 0.15) is 5.56 Å². The molecule has 0 saturated carbocycles. The topological polar surface area (TPSA) is 21.3 Å². The third kappa shape index (κ3) is 3.69. The molecule has 1 heterocycles. The summed E-state index contributed by atoms with van der Waals surface area (Å²) in [5.74, 6) is 1.92. The first-order valence-electron chi connectivity index (χ1n) is 5.90. The molecule has 0 aliphatic carbocycles. The van der Waals surface area contributed by atoms with Gasteiger partial charge >= 0.3 is 0 Å². The SMILES string of the molecule is CNC(Cc1cccc(F)c1)C1CSCCO1. The van der Waals surface area contributed by atoms with Crippen LogP contribution in [0.3, 0.4) is 0 Å². The molecule has 0 radical (unpaired) electrons. The molecule has 1 aromatic carbocycles. The van der Waals surface area contributed by atoms with Crippen molar-refractivity contribution in [2.75, 3.05) is 25.2 Å². The van der Waals surface area contributed by atoms with Crippen LogP contribution in [0.4, 0.5) is 4.39 Å². The van der Waals surface area contributed by atoms with E-state index >= 15 is 0 Å². The van der Waals surface area contributed by atoms with Gasteiger partial charge in [-0.1, -0.05) is 12.1 Å². The van der Waals surface area contributed by atoms with Gasteiger partial charge in [-0.2, -0.15) is 11.8 Å². The Kier molecular flexibility index (Phi) is 4.83. The Morgan fingerprint density at radius 2 is 2.47 bits per heavy atom. The molecule has 0 bridgehead atoms. The second-order valence-electron chi connectivity index (χ2n) is 4.21. The lowest BCUT2D eigenvalue weighted by atomic mass is 10.0. The molecule has 1 aliphatic rings. The normalized spacial score (nSPS) is 22.4. The van der Waals surface area contributed by atoms with E-state index in [0.717, 1.165) is 30.1 Å². The third-order valence-electron chi connectivity index (χ3n) is 3.01. The van der Waals surface area contributed by atoms with Gasteiger partial charge in [-0.15, -0.1) is 0 Å². The predicted octanol–water partition coefficient (Wildman–Crippen LogP) is 2.09. The molecule has 0 aromatic heterocycles. The van der Waals surface area contributed by atoms with E-state index in [4.69, 9.17) is 4.74 Å². The predicted molar refractivity (Wildman–Crippen MR) is 70.0 cm³/mol. The van der Waals surface area contributed by atoms with Crippen LogP contribution in [0.15, 0.2) is 24.3 Å². The van der Waals surface area contributed by atoms with E-state index in [0.29, 0.717) is 0 Å². The molecule has 1 aliphatic heterocycles. The number of halogens is 1. The maximum atomic E-state index is 13.1. The smallest absolute Gasteiger partial charge is 0.123 e. The van der Waals surface area contributed by atoms with Crippen LogP contribution in [0.2, 0.25) is 0 Å². The Labute approximate surface area is 106 Å². The largest absolute Gasteiger partial charge is 0.375 e. The van der Waals surface area contributed by atoms with Crippen molar-refractivity contribution < 1.29 is 9.13 Å². The van der Waals surface area contributed by atoms with Crippen LogP contribution in [0, 0.1) is 5.82 Å². The zero-order valence-corrected chi connectivity index (χ0v) is 10.8. The summed E-state index contributed by atoms with van der Waals surface area (Å²) in [7, 11) is 1.94. The molecular formula is C13H18FNOS. The highest BCUT2D eigenvalue weighted by molar-refractivity contribution is 7.99. The average Bonchev–Trinajstić information content (AvgIpc) is 2.37. The van der Waals surface area contributed by atoms with Crippen molar-refractivity contribution >= 4 is 11.8 Å². The molecule has 4 heteroatoms. The van der Waals surface area contributed by atoms with Gasteiger partial charge in [0.15, 0.2) is 0 Å². The number of thioether (sulfide) groups is 1. The molecule has 0 amide bonds. The molecule has 1 aromatic rings. The van der Waals surface area contributed by atoms with Crippen LogP contribution in [0.25, 0.3) is 0 Å². The van der Waals surface area contributed by atoms with E-state index in [2.05, 4.69) is 5.32 Å². The van der Waals surface area contributed by atoms with Crippen molar-refractivity contribution in [3.8, 4) is 0 Å². The van der Waals surface area contributed by atoms with Crippen LogP contribution in [0.5, 0.6) is 0 Å². The minimum absolute atomic E-state index is 0.170. The Bertz CT molecular complexity index is 355. The molecule has 94 valence electrons. The number of rotatable bonds is 4. The highest BCUT2D eigenvalue weighted by atomic mass is 32.2. The quantitative estimate of drug-likeness (QED) is 0.890. The van der Waals surface area contributed by atoms with E-state index in [1.54, 1.807) is 12.1 Å². The average molecular weight is 255 g/mol. The van der Waals surface area contributed by atoms with E-state index in [-0.39, 0.29) is 18.0 Å². The van der Waals surface area contributed by atoms with Crippen LogP contribution >= 0.6 is 11.8 Å². The highest BCUT2D eigenvalue weighted by Gasteiger charge is 2.23. The first-order valence-corrected chi connectivity index (χ1v) is 7.06. The van der Waals surface area contributed by atoms with Crippen molar-refractivity contribution in [3.63, 3.8) is 0 Å². The minimum atomic E-state index is -0.170. The van der Waals surface area contributed by atoms with Crippen molar-refractivity contribution in [1.82, 2.24) is 5.32 Å². The van der Waals surface area contributed by atoms with Gasteiger partial charge in [-0.25, -0.2) is 4.39 Å². The second-order valence-corrected chi connectivity index (χ2v) is 5.36. The zero-order chi connectivity index (χ0) is 12.1. The molecule has 1 N–H and O–H groups in total. The lowest BCUT2D eigenvalue weighted by Crippen LogP contribution is -2.44. The number of likely N-dealkylation sites (N-methyl/N-ethyl adjacent to an activating group) is 1. The Hall–Kier alpha value is -0.580. The summed E-state index contributed by atoms with van der Waals surface area (Å²) in [6, 6.07) is 7.05. The Balaban J connectivity index is 1.98. The van der Waals surface area contributed by atoms with E-state index in [9.17, 15) is 4.39 Å². The maximum absolute atomic E-state index is 13.1. The monoisotopic (exact) mass is 255 g/mol. The van der Waals surface area contributed by atoms with Gasteiger partial charge in [0, 0.05) is 17.5 Å². The lowest BCUT2D eigenvalue weighted by Gasteiger charge is -2.30. The first kappa shape index (κ1) is 12.9. The number of hydrogen-bond donors (Lipinski definition) is 1. The van der Waals surface area contributed by atoms with Crippen molar-refractivity contribution in [2.45, 2.75) is 18.6 Å². The number of ether oxygens (including phenoxy) is 1. The van der Waals surface area contributed by atoms with Gasteiger partial charge in [0.05, 0.1) is 12.7 Å².